The highest BCUT2D eigenvalue weighted by Crippen LogP contribution is 2.34. The van der Waals surface area contributed by atoms with Crippen LogP contribution in [-0.2, 0) is 12.8 Å². The third kappa shape index (κ3) is 2.41. The summed E-state index contributed by atoms with van der Waals surface area (Å²) < 4.78 is 1.81. The molecule has 114 valence electrons. The summed E-state index contributed by atoms with van der Waals surface area (Å²) in [5.41, 5.74) is 5.63. The third-order valence-corrected chi connectivity index (χ3v) is 4.39. The molecule has 1 N–H and O–H groups in total. The molecular weight excluding hydrogens is 312 g/mol. The van der Waals surface area contributed by atoms with Crippen LogP contribution in [0, 0.1) is 0 Å². The molecule has 0 saturated carbocycles. The smallest absolute Gasteiger partial charge is 0.335 e. The SMILES string of the molecule is O=C(O)c1ccc(-n2cc3c(n2)-c2ccc(Cl)cc2CC3)cc1. The Labute approximate surface area is 138 Å². The highest BCUT2D eigenvalue weighted by atomic mass is 35.5. The fourth-order valence-corrected chi connectivity index (χ4v) is 3.17. The topological polar surface area (TPSA) is 55.1 Å². The first-order chi connectivity index (χ1) is 11.1. The maximum absolute atomic E-state index is 10.9. The number of aryl methyl sites for hydroxylation is 2. The molecule has 1 aliphatic carbocycles. The van der Waals surface area contributed by atoms with Gasteiger partial charge in [-0.05, 0) is 60.4 Å². The van der Waals surface area contributed by atoms with Gasteiger partial charge >= 0.3 is 5.97 Å². The molecule has 0 fully saturated rings. The summed E-state index contributed by atoms with van der Waals surface area (Å²) in [4.78, 5) is 10.9. The van der Waals surface area contributed by atoms with Crippen LogP contribution in [-0.4, -0.2) is 20.9 Å². The van der Waals surface area contributed by atoms with Crippen molar-refractivity contribution in [2.24, 2.45) is 0 Å². The predicted molar refractivity (Wildman–Crippen MR) is 88.4 cm³/mol. The van der Waals surface area contributed by atoms with Crippen LogP contribution < -0.4 is 0 Å². The van der Waals surface area contributed by atoms with Crippen LogP contribution in [0.25, 0.3) is 16.9 Å². The van der Waals surface area contributed by atoms with E-state index in [1.807, 2.05) is 24.4 Å². The molecule has 0 radical (unpaired) electrons. The standard InChI is InChI=1S/C18H13ClN2O2/c19-14-5-8-16-12(9-14)1-2-13-10-21(20-17(13)16)15-6-3-11(4-7-15)18(22)23/h3-10H,1-2H2,(H,22,23). The van der Waals surface area contributed by atoms with Crippen LogP contribution in [0.15, 0.2) is 48.7 Å². The Hall–Kier alpha value is -2.59. The van der Waals surface area contributed by atoms with Crippen molar-refractivity contribution >= 4 is 17.6 Å². The minimum absolute atomic E-state index is 0.269. The molecule has 0 amide bonds. The highest BCUT2D eigenvalue weighted by Gasteiger charge is 2.20. The van der Waals surface area contributed by atoms with Gasteiger partial charge in [0.15, 0.2) is 0 Å². The van der Waals surface area contributed by atoms with Crippen LogP contribution in [0.4, 0.5) is 0 Å². The fraction of sp³-hybridized carbons (Fsp3) is 0.111. The molecule has 4 rings (SSSR count). The van der Waals surface area contributed by atoms with E-state index in [2.05, 4.69) is 0 Å². The second-order valence-corrected chi connectivity index (χ2v) is 6.04. The lowest BCUT2D eigenvalue weighted by Gasteiger charge is -2.14. The van der Waals surface area contributed by atoms with Gasteiger partial charge in [-0.1, -0.05) is 17.7 Å². The fourth-order valence-electron chi connectivity index (χ4n) is 2.98. The van der Waals surface area contributed by atoms with Gasteiger partial charge in [-0.2, -0.15) is 5.10 Å². The zero-order valence-corrected chi connectivity index (χ0v) is 12.9. The molecule has 5 heteroatoms. The summed E-state index contributed by atoms with van der Waals surface area (Å²) in [6, 6.07) is 12.6. The van der Waals surface area contributed by atoms with Crippen molar-refractivity contribution in [3.63, 3.8) is 0 Å². The Balaban J connectivity index is 1.77. The molecule has 4 nitrogen and oxygen atoms in total. The van der Waals surface area contributed by atoms with E-state index in [0.29, 0.717) is 0 Å². The molecule has 0 unspecified atom stereocenters. The van der Waals surface area contributed by atoms with E-state index < -0.39 is 5.97 Å². The van der Waals surface area contributed by atoms with E-state index in [-0.39, 0.29) is 5.56 Å². The molecule has 0 aliphatic heterocycles. The van der Waals surface area contributed by atoms with E-state index in [1.165, 1.54) is 11.1 Å². The Bertz CT molecular complexity index is 913. The van der Waals surface area contributed by atoms with Gasteiger partial charge in [-0.25, -0.2) is 9.48 Å². The molecule has 3 aromatic rings. The van der Waals surface area contributed by atoms with Crippen molar-refractivity contribution < 1.29 is 9.90 Å². The van der Waals surface area contributed by atoms with Gasteiger partial charge in [-0.15, -0.1) is 0 Å². The molecule has 0 atom stereocenters. The highest BCUT2D eigenvalue weighted by molar-refractivity contribution is 6.30. The third-order valence-electron chi connectivity index (χ3n) is 4.15. The van der Waals surface area contributed by atoms with Crippen molar-refractivity contribution in [2.45, 2.75) is 12.8 Å². The number of hydrogen-bond donors (Lipinski definition) is 1. The summed E-state index contributed by atoms with van der Waals surface area (Å²) in [6.45, 7) is 0. The van der Waals surface area contributed by atoms with Crippen molar-refractivity contribution in [2.75, 3.05) is 0 Å². The Kier molecular flexibility index (Phi) is 3.20. The normalized spacial score (nSPS) is 12.6. The van der Waals surface area contributed by atoms with Crippen molar-refractivity contribution in [1.29, 1.82) is 0 Å². The average Bonchev–Trinajstić information content (AvgIpc) is 2.99. The summed E-state index contributed by atoms with van der Waals surface area (Å²) in [7, 11) is 0. The molecule has 23 heavy (non-hydrogen) atoms. The lowest BCUT2D eigenvalue weighted by Crippen LogP contribution is -2.02. The summed E-state index contributed by atoms with van der Waals surface area (Å²) in [5.74, 6) is -0.929. The van der Waals surface area contributed by atoms with E-state index >= 15 is 0 Å². The molecule has 0 bridgehead atoms. The van der Waals surface area contributed by atoms with Crippen LogP contribution in [0.1, 0.15) is 21.5 Å². The molecule has 1 aromatic heterocycles. The Morgan fingerprint density at radius 1 is 1.09 bits per heavy atom. The second kappa shape index (κ2) is 5.25. The van der Waals surface area contributed by atoms with Gasteiger partial charge in [0.2, 0.25) is 0 Å². The van der Waals surface area contributed by atoms with Gasteiger partial charge in [0.05, 0.1) is 16.9 Å². The molecule has 0 saturated heterocycles. The number of aromatic carboxylic acids is 1. The monoisotopic (exact) mass is 324 g/mol. The number of nitrogens with zero attached hydrogens (tertiary/aromatic N) is 2. The van der Waals surface area contributed by atoms with Crippen molar-refractivity contribution in [3.05, 3.63) is 70.4 Å². The minimum Gasteiger partial charge on any atom is -0.478 e. The van der Waals surface area contributed by atoms with Gasteiger partial charge in [0.1, 0.15) is 0 Å². The molecule has 1 heterocycles. The number of aromatic nitrogens is 2. The first kappa shape index (κ1) is 14.0. The number of fused-ring (bicyclic) bond motifs is 3. The van der Waals surface area contributed by atoms with Gasteiger partial charge in [0, 0.05) is 16.8 Å². The van der Waals surface area contributed by atoms with E-state index in [1.54, 1.807) is 28.9 Å². The van der Waals surface area contributed by atoms with Crippen LogP contribution in [0.5, 0.6) is 0 Å². The first-order valence-corrected chi connectivity index (χ1v) is 7.71. The number of carbonyl (C=O) groups is 1. The number of carboxylic acids is 1. The summed E-state index contributed by atoms with van der Waals surface area (Å²) in [6.07, 6.45) is 3.89. The number of rotatable bonds is 2. The summed E-state index contributed by atoms with van der Waals surface area (Å²) >= 11 is 6.07. The predicted octanol–water partition coefficient (Wildman–Crippen LogP) is 3.99. The zero-order chi connectivity index (χ0) is 16.0. The minimum atomic E-state index is -0.929. The number of hydrogen-bond acceptors (Lipinski definition) is 2. The maximum Gasteiger partial charge on any atom is 0.335 e. The first-order valence-electron chi connectivity index (χ1n) is 7.33. The lowest BCUT2D eigenvalue weighted by atomic mass is 9.91. The molecule has 0 spiro atoms. The van der Waals surface area contributed by atoms with E-state index in [0.717, 1.165) is 34.8 Å². The molecule has 2 aromatic carbocycles. The van der Waals surface area contributed by atoms with Crippen molar-refractivity contribution in [1.82, 2.24) is 9.78 Å². The van der Waals surface area contributed by atoms with E-state index in [9.17, 15) is 4.79 Å². The molecule has 1 aliphatic rings. The molecular formula is C18H13ClN2O2. The van der Waals surface area contributed by atoms with Gasteiger partial charge in [-0.3, -0.25) is 0 Å². The largest absolute Gasteiger partial charge is 0.478 e. The van der Waals surface area contributed by atoms with E-state index in [4.69, 9.17) is 21.8 Å². The number of benzene rings is 2. The van der Waals surface area contributed by atoms with Crippen molar-refractivity contribution in [3.8, 4) is 16.9 Å². The maximum atomic E-state index is 10.9. The Morgan fingerprint density at radius 2 is 1.83 bits per heavy atom. The van der Waals surface area contributed by atoms with Crippen LogP contribution in [0.2, 0.25) is 5.02 Å². The number of halogens is 1. The quantitative estimate of drug-likeness (QED) is 0.775. The second-order valence-electron chi connectivity index (χ2n) is 5.60. The van der Waals surface area contributed by atoms with Crippen LogP contribution in [0.3, 0.4) is 0 Å². The van der Waals surface area contributed by atoms with Gasteiger partial charge < -0.3 is 5.11 Å². The zero-order valence-electron chi connectivity index (χ0n) is 12.2. The van der Waals surface area contributed by atoms with Crippen LogP contribution >= 0.6 is 11.6 Å². The average molecular weight is 325 g/mol. The summed E-state index contributed by atoms with van der Waals surface area (Å²) in [5, 5.41) is 14.4. The Morgan fingerprint density at radius 3 is 2.57 bits per heavy atom. The van der Waals surface area contributed by atoms with Gasteiger partial charge in [0.25, 0.3) is 0 Å². The number of carboxylic acid groups (broad SMARTS) is 1. The lowest BCUT2D eigenvalue weighted by molar-refractivity contribution is 0.0697.